The number of anilines is 1. The third-order valence-corrected chi connectivity index (χ3v) is 7.15. The van der Waals surface area contributed by atoms with E-state index in [4.69, 9.17) is 10.5 Å². The van der Waals surface area contributed by atoms with E-state index in [2.05, 4.69) is 27.9 Å². The highest BCUT2D eigenvalue weighted by molar-refractivity contribution is 5.94. The highest BCUT2D eigenvalue weighted by Crippen LogP contribution is 2.26. The van der Waals surface area contributed by atoms with Gasteiger partial charge in [-0.05, 0) is 65.9 Å². The maximum atomic E-state index is 12.7. The first-order valence-electron chi connectivity index (χ1n) is 14.4. The van der Waals surface area contributed by atoms with Crippen LogP contribution in [0, 0.1) is 0 Å². The number of amides is 2. The van der Waals surface area contributed by atoms with Gasteiger partial charge in [0.1, 0.15) is 5.82 Å². The Bertz CT molecular complexity index is 1540. The lowest BCUT2D eigenvalue weighted by atomic mass is 10.0. The van der Waals surface area contributed by atoms with Crippen molar-refractivity contribution in [3.63, 3.8) is 0 Å². The fourth-order valence-electron chi connectivity index (χ4n) is 4.68. The number of nitrogen functional groups attached to an aromatic ring is 1. The van der Waals surface area contributed by atoms with E-state index in [0.717, 1.165) is 28.7 Å². The van der Waals surface area contributed by atoms with Crippen LogP contribution in [0.4, 0.5) is 5.82 Å². The first kappa shape index (κ1) is 32.0. The Morgan fingerprint density at radius 1 is 0.909 bits per heavy atom. The van der Waals surface area contributed by atoms with Gasteiger partial charge in [-0.2, -0.15) is 0 Å². The number of nitrogens with zero attached hydrogens (tertiary/aromatic N) is 1. The van der Waals surface area contributed by atoms with Crippen molar-refractivity contribution in [2.75, 3.05) is 19.4 Å². The highest BCUT2D eigenvalue weighted by Gasteiger charge is 2.12. The number of ether oxygens (including phenoxy) is 1. The van der Waals surface area contributed by atoms with Crippen molar-refractivity contribution in [1.29, 1.82) is 0 Å². The average molecular weight is 598 g/mol. The fourth-order valence-corrected chi connectivity index (χ4v) is 4.68. The fraction of sp³-hybridized carbons (Fsp3) is 0.265. The molecular weight excluding hydrogens is 558 g/mol. The van der Waals surface area contributed by atoms with Gasteiger partial charge in [0.05, 0.1) is 19.6 Å². The number of phenolic OH excluding ortho intramolecular Hbond substituents is 1. The van der Waals surface area contributed by atoms with Gasteiger partial charge in [0.25, 0.3) is 5.91 Å². The predicted octanol–water partition coefficient (Wildman–Crippen LogP) is 3.42. The van der Waals surface area contributed by atoms with Crippen LogP contribution in [0.5, 0.6) is 11.5 Å². The van der Waals surface area contributed by atoms with E-state index in [1.54, 1.807) is 42.6 Å². The molecule has 0 unspecified atom stereocenters. The number of methoxy groups -OCH3 is 1. The summed E-state index contributed by atoms with van der Waals surface area (Å²) in [5.41, 5.74) is 10.5. The number of carbonyl (C=O) groups excluding carboxylic acids is 2. The summed E-state index contributed by atoms with van der Waals surface area (Å²) >= 11 is 0. The summed E-state index contributed by atoms with van der Waals surface area (Å²) in [7, 11) is 1.47. The van der Waals surface area contributed by atoms with E-state index < -0.39 is 6.10 Å². The summed E-state index contributed by atoms with van der Waals surface area (Å²) in [4.78, 5) is 29.3. The van der Waals surface area contributed by atoms with Gasteiger partial charge in [-0.1, -0.05) is 48.5 Å². The van der Waals surface area contributed by atoms with Crippen LogP contribution in [-0.4, -0.2) is 46.7 Å². The van der Waals surface area contributed by atoms with E-state index in [0.29, 0.717) is 35.8 Å². The number of aliphatic hydroxyl groups is 1. The monoisotopic (exact) mass is 597 g/mol. The Morgan fingerprint density at radius 2 is 1.64 bits per heavy atom. The summed E-state index contributed by atoms with van der Waals surface area (Å²) in [5.74, 6) is 0.476. The van der Waals surface area contributed by atoms with Crippen molar-refractivity contribution in [2.45, 2.75) is 45.0 Å². The predicted molar refractivity (Wildman–Crippen MR) is 169 cm³/mol. The van der Waals surface area contributed by atoms with E-state index in [9.17, 15) is 19.8 Å². The van der Waals surface area contributed by atoms with Gasteiger partial charge in [-0.3, -0.25) is 9.59 Å². The lowest BCUT2D eigenvalue weighted by molar-refractivity contribution is -0.120. The molecule has 0 saturated heterocycles. The number of nitrogens with two attached hydrogens (primary N) is 1. The molecule has 4 rings (SSSR count). The molecule has 1 aromatic heterocycles. The second kappa shape index (κ2) is 15.5. The minimum atomic E-state index is -0.685. The summed E-state index contributed by atoms with van der Waals surface area (Å²) in [5, 5.41) is 29.3. The van der Waals surface area contributed by atoms with Gasteiger partial charge >= 0.3 is 0 Å². The summed E-state index contributed by atoms with van der Waals surface area (Å²) in [6.45, 7) is 3.07. The molecule has 2 atom stereocenters. The van der Waals surface area contributed by atoms with Crippen molar-refractivity contribution < 1.29 is 24.5 Å². The Hall–Kier alpha value is -4.93. The van der Waals surface area contributed by atoms with Crippen molar-refractivity contribution in [1.82, 2.24) is 20.9 Å². The molecule has 0 saturated carbocycles. The third kappa shape index (κ3) is 9.55. The van der Waals surface area contributed by atoms with Crippen molar-refractivity contribution >= 4 is 17.6 Å². The molecule has 0 fully saturated rings. The van der Waals surface area contributed by atoms with Crippen molar-refractivity contribution in [3.8, 4) is 11.5 Å². The largest absolute Gasteiger partial charge is 0.504 e. The minimum absolute atomic E-state index is 0.0413. The zero-order valence-corrected chi connectivity index (χ0v) is 24.9. The minimum Gasteiger partial charge on any atom is -0.504 e. The van der Waals surface area contributed by atoms with Crippen LogP contribution >= 0.6 is 0 Å². The number of carbonyl (C=O) groups is 2. The number of nitrogens with one attached hydrogen (secondary N) is 3. The molecule has 0 radical (unpaired) electrons. The topological polar surface area (TPSA) is 159 Å². The average Bonchev–Trinajstić information content (AvgIpc) is 3.03. The summed E-state index contributed by atoms with van der Waals surface area (Å²) < 4.78 is 5.10. The van der Waals surface area contributed by atoms with E-state index >= 15 is 0 Å². The van der Waals surface area contributed by atoms with Crippen LogP contribution in [-0.2, 0) is 30.7 Å². The second-order valence-electron chi connectivity index (χ2n) is 10.7. The van der Waals surface area contributed by atoms with Gasteiger partial charge in [0.15, 0.2) is 11.5 Å². The first-order chi connectivity index (χ1) is 21.2. The maximum Gasteiger partial charge on any atom is 0.251 e. The van der Waals surface area contributed by atoms with Crippen LogP contribution in [0.15, 0.2) is 85.1 Å². The van der Waals surface area contributed by atoms with E-state index in [-0.39, 0.29) is 36.6 Å². The lowest BCUT2D eigenvalue weighted by Crippen LogP contribution is -2.32. The number of aromatic hydroxyl groups is 1. The number of rotatable bonds is 14. The number of aliphatic hydroxyl groups excluding tert-OH is 1. The zero-order valence-electron chi connectivity index (χ0n) is 24.9. The standard InChI is InChI=1S/C34H39N5O5/c1-22(36-21-30(41)28-11-13-32(35)37-20-28)14-24-4-3-5-25(15-24)17-33(42)38-18-23-6-9-27(10-7-23)34(43)39-19-26-8-12-29(40)31(16-26)44-2/h3-13,15-16,20,22,30,36,40-41H,14,17-19,21H2,1-2H3,(H2,35,37)(H,38,42)(H,39,43)/t22-,30-/m1/s1. The molecule has 10 nitrogen and oxygen atoms in total. The van der Waals surface area contributed by atoms with Gasteiger partial charge < -0.3 is 36.6 Å². The van der Waals surface area contributed by atoms with Gasteiger partial charge in [-0.25, -0.2) is 4.98 Å². The summed E-state index contributed by atoms with van der Waals surface area (Å²) in [6, 6.07) is 23.5. The quantitative estimate of drug-likeness (QED) is 0.129. The van der Waals surface area contributed by atoms with Crippen LogP contribution in [0.2, 0.25) is 0 Å². The number of hydrogen-bond donors (Lipinski definition) is 6. The van der Waals surface area contributed by atoms with Crippen LogP contribution in [0.25, 0.3) is 0 Å². The normalized spacial score (nSPS) is 12.2. The molecule has 44 heavy (non-hydrogen) atoms. The third-order valence-electron chi connectivity index (χ3n) is 7.15. The molecule has 3 aromatic carbocycles. The summed E-state index contributed by atoms with van der Waals surface area (Å²) in [6.07, 6.45) is 1.89. The molecule has 0 aliphatic carbocycles. The van der Waals surface area contributed by atoms with Crippen LogP contribution < -0.4 is 26.4 Å². The number of phenols is 1. The van der Waals surface area contributed by atoms with Gasteiger partial charge in [-0.15, -0.1) is 0 Å². The number of hydrogen-bond acceptors (Lipinski definition) is 8. The lowest BCUT2D eigenvalue weighted by Gasteiger charge is -2.18. The Labute approximate surface area is 257 Å². The molecule has 2 amide bonds. The van der Waals surface area contributed by atoms with Crippen molar-refractivity contribution in [3.05, 3.63) is 118 Å². The van der Waals surface area contributed by atoms with Crippen LogP contribution in [0.1, 0.15) is 51.2 Å². The highest BCUT2D eigenvalue weighted by atomic mass is 16.5. The Kier molecular flexibility index (Phi) is 11.3. The molecule has 10 heteroatoms. The maximum absolute atomic E-state index is 12.7. The van der Waals surface area contributed by atoms with Crippen molar-refractivity contribution in [2.24, 2.45) is 0 Å². The molecule has 0 bridgehead atoms. The number of aromatic nitrogens is 1. The van der Waals surface area contributed by atoms with Gasteiger partial charge in [0.2, 0.25) is 5.91 Å². The first-order valence-corrected chi connectivity index (χ1v) is 14.4. The number of pyridine rings is 1. The number of benzene rings is 3. The molecule has 230 valence electrons. The molecule has 7 N–H and O–H groups in total. The molecule has 0 aliphatic rings. The SMILES string of the molecule is COc1cc(CNC(=O)c2ccc(CNC(=O)Cc3cccc(C[C@@H](C)NC[C@@H](O)c4ccc(N)nc4)c3)cc2)ccc1O. The molecular formula is C34H39N5O5. The zero-order chi connectivity index (χ0) is 31.5. The van der Waals surface area contributed by atoms with Crippen LogP contribution in [0.3, 0.4) is 0 Å². The molecule has 0 spiro atoms. The molecule has 0 aliphatic heterocycles. The van der Waals surface area contributed by atoms with E-state index in [1.807, 2.05) is 36.4 Å². The Morgan fingerprint density at radius 3 is 2.36 bits per heavy atom. The second-order valence-corrected chi connectivity index (χ2v) is 10.7. The van der Waals surface area contributed by atoms with E-state index in [1.165, 1.54) is 13.2 Å². The van der Waals surface area contributed by atoms with Gasteiger partial charge in [0, 0.05) is 43.0 Å². The molecule has 4 aromatic rings. The Balaban J connectivity index is 1.19. The smallest absolute Gasteiger partial charge is 0.251 e. The molecule has 1 heterocycles.